The van der Waals surface area contributed by atoms with E-state index in [2.05, 4.69) is 20.6 Å². The number of amides is 2. The van der Waals surface area contributed by atoms with Crippen LogP contribution in [-0.2, 0) is 6.18 Å². The van der Waals surface area contributed by atoms with Crippen molar-refractivity contribution in [1.82, 2.24) is 20.6 Å². The lowest BCUT2D eigenvalue weighted by Crippen LogP contribution is -2.26. The first-order valence-electron chi connectivity index (χ1n) is 14.3. The third-order valence-electron chi connectivity index (χ3n) is 7.42. The number of rotatable bonds is 6. The molecule has 0 saturated heterocycles. The lowest BCUT2D eigenvalue weighted by Gasteiger charge is -2.13. The molecule has 236 valence electrons. The van der Waals surface area contributed by atoms with Crippen LogP contribution in [0.2, 0.25) is 5.02 Å². The first-order valence-corrected chi connectivity index (χ1v) is 14.7. The maximum Gasteiger partial charge on any atom is 0.416 e. The van der Waals surface area contributed by atoms with Crippen molar-refractivity contribution in [2.45, 2.75) is 32.1 Å². The van der Waals surface area contributed by atoms with Crippen LogP contribution >= 0.6 is 11.6 Å². The van der Waals surface area contributed by atoms with Crippen molar-refractivity contribution >= 4 is 45.2 Å². The number of halogens is 5. The molecule has 2 amide bonds. The van der Waals surface area contributed by atoms with Crippen LogP contribution in [0.5, 0.6) is 0 Å². The first-order chi connectivity index (χ1) is 21.9. The minimum absolute atomic E-state index is 0.0381. The van der Waals surface area contributed by atoms with E-state index in [0.29, 0.717) is 27.5 Å². The second kappa shape index (κ2) is 13.5. The van der Waals surface area contributed by atoms with Crippen LogP contribution in [0.1, 0.15) is 63.6 Å². The second-order valence-corrected chi connectivity index (χ2v) is 11.1. The average molecular weight is 649 g/mol. The van der Waals surface area contributed by atoms with E-state index in [1.807, 2.05) is 74.5 Å². The molecule has 0 fully saturated rings. The van der Waals surface area contributed by atoms with E-state index in [0.717, 1.165) is 23.3 Å². The van der Waals surface area contributed by atoms with E-state index in [4.69, 9.17) is 11.6 Å². The Labute approximate surface area is 266 Å². The number of aromatic amines is 2. The van der Waals surface area contributed by atoms with Gasteiger partial charge in [0.25, 0.3) is 11.8 Å². The molecule has 0 aliphatic heterocycles. The number of hydrogen-bond acceptors (Lipinski definition) is 2. The molecule has 6 nitrogen and oxygen atoms in total. The van der Waals surface area contributed by atoms with Crippen LogP contribution in [0.3, 0.4) is 0 Å². The standard InChI is InChI=1S/C18H15F3N2O.C17H14ClFN2O/c1-11(12-5-3-2-4-6-12)22-17(24)16-10-13-9-14(18(19,20)21)7-8-15(13)23-16;1-10(11-5-3-2-4-6-11)20-17(22)15-9-12-14(21-15)8-7-13(18)16(12)19/h2-11,23H,1H3,(H,22,24);2-10,21H,1H3,(H,20,22)/t11-;10-/m11/s1. The van der Waals surface area contributed by atoms with Gasteiger partial charge in [0.1, 0.15) is 11.4 Å². The summed E-state index contributed by atoms with van der Waals surface area (Å²) in [6.07, 6.45) is -4.41. The van der Waals surface area contributed by atoms with Crippen molar-refractivity contribution in [3.63, 3.8) is 0 Å². The largest absolute Gasteiger partial charge is 0.416 e. The molecule has 46 heavy (non-hydrogen) atoms. The van der Waals surface area contributed by atoms with Crippen molar-refractivity contribution in [2.24, 2.45) is 0 Å². The van der Waals surface area contributed by atoms with Gasteiger partial charge in [0.15, 0.2) is 5.82 Å². The molecule has 0 aliphatic rings. The molecule has 6 aromatic rings. The van der Waals surface area contributed by atoms with Gasteiger partial charge < -0.3 is 20.6 Å². The monoisotopic (exact) mass is 648 g/mol. The molecule has 2 atom stereocenters. The first kappa shape index (κ1) is 32.3. The number of carbonyl (C=O) groups is 2. The Bertz CT molecular complexity index is 1990. The maximum absolute atomic E-state index is 13.9. The smallest absolute Gasteiger partial charge is 0.351 e. The number of H-pyrrole nitrogens is 2. The Morgan fingerprint density at radius 2 is 1.20 bits per heavy atom. The van der Waals surface area contributed by atoms with Gasteiger partial charge in [-0.15, -0.1) is 0 Å². The lowest BCUT2D eigenvalue weighted by atomic mass is 10.1. The summed E-state index contributed by atoms with van der Waals surface area (Å²) in [5.74, 6) is -1.18. The summed E-state index contributed by atoms with van der Waals surface area (Å²) in [7, 11) is 0. The Kier molecular flexibility index (Phi) is 9.48. The lowest BCUT2D eigenvalue weighted by molar-refractivity contribution is -0.137. The summed E-state index contributed by atoms with van der Waals surface area (Å²) in [6, 6.07) is 28.1. The van der Waals surface area contributed by atoms with E-state index < -0.39 is 17.6 Å². The third-order valence-corrected chi connectivity index (χ3v) is 7.71. The van der Waals surface area contributed by atoms with E-state index in [1.165, 1.54) is 24.3 Å². The molecule has 0 spiro atoms. The van der Waals surface area contributed by atoms with Crippen molar-refractivity contribution < 1.29 is 27.2 Å². The van der Waals surface area contributed by atoms with E-state index >= 15 is 0 Å². The fourth-order valence-corrected chi connectivity index (χ4v) is 5.06. The Balaban J connectivity index is 0.000000182. The zero-order valence-electron chi connectivity index (χ0n) is 24.7. The van der Waals surface area contributed by atoms with Gasteiger partial charge in [-0.2, -0.15) is 13.2 Å². The van der Waals surface area contributed by atoms with E-state index in [-0.39, 0.29) is 34.6 Å². The quantitative estimate of drug-likeness (QED) is 0.136. The number of hydrogen-bond donors (Lipinski definition) is 4. The number of aromatic nitrogens is 2. The second-order valence-electron chi connectivity index (χ2n) is 10.7. The van der Waals surface area contributed by atoms with Crippen LogP contribution in [0, 0.1) is 5.82 Å². The van der Waals surface area contributed by atoms with Crippen molar-refractivity contribution in [3.05, 3.63) is 142 Å². The van der Waals surface area contributed by atoms with Gasteiger partial charge in [-0.3, -0.25) is 9.59 Å². The summed E-state index contributed by atoms with van der Waals surface area (Å²) in [4.78, 5) is 30.4. The third kappa shape index (κ3) is 7.40. The predicted molar refractivity (Wildman–Crippen MR) is 171 cm³/mol. The summed E-state index contributed by atoms with van der Waals surface area (Å²) in [5, 5.41) is 6.41. The molecule has 0 unspecified atom stereocenters. The fraction of sp³-hybridized carbons (Fsp3) is 0.143. The highest BCUT2D eigenvalue weighted by molar-refractivity contribution is 6.31. The minimum Gasteiger partial charge on any atom is -0.351 e. The summed E-state index contributed by atoms with van der Waals surface area (Å²) in [6.45, 7) is 3.74. The number of benzene rings is 4. The molecule has 0 saturated carbocycles. The maximum atomic E-state index is 13.9. The number of nitrogens with one attached hydrogen (secondary N) is 4. The molecule has 2 aromatic heterocycles. The highest BCUT2D eigenvalue weighted by Crippen LogP contribution is 2.32. The molecular weight excluding hydrogens is 620 g/mol. The Morgan fingerprint density at radius 1 is 0.696 bits per heavy atom. The molecule has 0 bridgehead atoms. The molecule has 0 radical (unpaired) electrons. The van der Waals surface area contributed by atoms with Gasteiger partial charge in [-0.25, -0.2) is 4.39 Å². The van der Waals surface area contributed by atoms with Gasteiger partial charge in [-0.05, 0) is 67.4 Å². The topological polar surface area (TPSA) is 89.8 Å². The predicted octanol–water partition coefficient (Wildman–Crippen LogP) is 9.13. The summed E-state index contributed by atoms with van der Waals surface area (Å²) < 4.78 is 52.2. The summed E-state index contributed by atoms with van der Waals surface area (Å²) in [5.41, 5.74) is 2.77. The number of carbonyl (C=O) groups excluding carboxylic acids is 2. The van der Waals surface area contributed by atoms with E-state index in [9.17, 15) is 27.2 Å². The fourth-order valence-electron chi connectivity index (χ4n) is 4.89. The van der Waals surface area contributed by atoms with Crippen LogP contribution in [0.4, 0.5) is 17.6 Å². The van der Waals surface area contributed by atoms with Gasteiger partial charge in [0.05, 0.1) is 22.7 Å². The Hall–Kier alpha value is -5.09. The van der Waals surface area contributed by atoms with Gasteiger partial charge in [0, 0.05) is 21.8 Å². The molecule has 4 aromatic carbocycles. The molecule has 2 heterocycles. The number of alkyl halides is 3. The zero-order chi connectivity index (χ0) is 33.0. The normalized spacial score (nSPS) is 12.7. The van der Waals surface area contributed by atoms with E-state index in [1.54, 1.807) is 6.07 Å². The van der Waals surface area contributed by atoms with Crippen molar-refractivity contribution in [2.75, 3.05) is 0 Å². The van der Waals surface area contributed by atoms with Crippen LogP contribution in [0.15, 0.2) is 103 Å². The van der Waals surface area contributed by atoms with Crippen LogP contribution in [0.25, 0.3) is 21.8 Å². The highest BCUT2D eigenvalue weighted by atomic mass is 35.5. The zero-order valence-corrected chi connectivity index (χ0v) is 25.4. The van der Waals surface area contributed by atoms with Crippen molar-refractivity contribution in [1.29, 1.82) is 0 Å². The molecule has 11 heteroatoms. The Morgan fingerprint density at radius 3 is 1.74 bits per heavy atom. The van der Waals surface area contributed by atoms with Gasteiger partial charge >= 0.3 is 6.18 Å². The average Bonchev–Trinajstić information content (AvgIpc) is 3.69. The molecule has 6 rings (SSSR count). The van der Waals surface area contributed by atoms with Gasteiger partial charge in [-0.1, -0.05) is 72.3 Å². The van der Waals surface area contributed by atoms with Crippen LogP contribution in [-0.4, -0.2) is 21.8 Å². The van der Waals surface area contributed by atoms with Gasteiger partial charge in [0.2, 0.25) is 0 Å². The molecule has 4 N–H and O–H groups in total. The SMILES string of the molecule is C[C@@H](NC(=O)c1cc2c(F)c(Cl)ccc2[nH]1)c1ccccc1.C[C@@H](NC(=O)c1cc2cc(C(F)(F)F)ccc2[nH]1)c1ccccc1. The molecular formula is C35H29ClF4N4O2. The highest BCUT2D eigenvalue weighted by Gasteiger charge is 2.30. The van der Waals surface area contributed by atoms with Crippen LogP contribution < -0.4 is 10.6 Å². The molecule has 0 aliphatic carbocycles. The van der Waals surface area contributed by atoms with Crippen molar-refractivity contribution in [3.8, 4) is 0 Å². The number of fused-ring (bicyclic) bond motifs is 2. The minimum atomic E-state index is -4.41. The summed E-state index contributed by atoms with van der Waals surface area (Å²) >= 11 is 5.75.